The molecule has 2 rings (SSSR count). The van der Waals surface area contributed by atoms with E-state index in [0.29, 0.717) is 11.7 Å². The Labute approximate surface area is 135 Å². The zero-order chi connectivity index (χ0) is 16.8. The minimum atomic E-state index is -0.593. The van der Waals surface area contributed by atoms with Crippen molar-refractivity contribution in [2.75, 3.05) is 6.61 Å². The van der Waals surface area contributed by atoms with E-state index >= 15 is 0 Å². The maximum Gasteiger partial charge on any atom is 0.349 e. The third-order valence-corrected chi connectivity index (χ3v) is 3.62. The first-order valence-electron chi connectivity index (χ1n) is 7.45. The highest BCUT2D eigenvalue weighted by atomic mass is 16.6. The van der Waals surface area contributed by atoms with Gasteiger partial charge in [0.25, 0.3) is 0 Å². The van der Waals surface area contributed by atoms with Crippen LogP contribution in [0, 0.1) is 0 Å². The van der Waals surface area contributed by atoms with Crippen LogP contribution in [0.2, 0.25) is 0 Å². The van der Waals surface area contributed by atoms with Crippen LogP contribution in [0.5, 0.6) is 23.0 Å². The lowest BCUT2D eigenvalue weighted by atomic mass is 9.99. The molecule has 1 atom stereocenters. The number of rotatable bonds is 6. The lowest BCUT2D eigenvalue weighted by molar-refractivity contribution is -0.136. The van der Waals surface area contributed by atoms with Crippen molar-refractivity contribution in [2.45, 2.75) is 26.2 Å². The third kappa shape index (κ3) is 4.39. The summed E-state index contributed by atoms with van der Waals surface area (Å²) in [6.45, 7) is 3.88. The zero-order valence-electron chi connectivity index (χ0n) is 13.2. The second-order valence-corrected chi connectivity index (χ2v) is 5.26. The summed E-state index contributed by atoms with van der Waals surface area (Å²) in [5.41, 5.74) is 1.19. The molecule has 0 fully saturated rings. The number of benzene rings is 2. The highest BCUT2D eigenvalue weighted by Gasteiger charge is 2.11. The molecule has 0 aliphatic heterocycles. The van der Waals surface area contributed by atoms with Gasteiger partial charge in [0.1, 0.15) is 5.75 Å². The second kappa shape index (κ2) is 7.54. The number of esters is 1. The summed E-state index contributed by atoms with van der Waals surface area (Å²) >= 11 is 0. The molecule has 1 unspecified atom stereocenters. The number of phenolic OH excluding ortho intramolecular Hbond substituents is 2. The van der Waals surface area contributed by atoms with Crippen LogP contribution in [0.25, 0.3) is 0 Å². The molecule has 0 saturated heterocycles. The first-order chi connectivity index (χ1) is 11.0. The number of hydrogen-bond acceptors (Lipinski definition) is 5. The van der Waals surface area contributed by atoms with Gasteiger partial charge in [0.15, 0.2) is 18.1 Å². The van der Waals surface area contributed by atoms with Crippen LogP contribution in [0.1, 0.15) is 31.7 Å². The van der Waals surface area contributed by atoms with Gasteiger partial charge in [-0.05, 0) is 42.2 Å². The monoisotopic (exact) mass is 316 g/mol. The molecule has 5 nitrogen and oxygen atoms in total. The Kier molecular flexibility index (Phi) is 5.46. The van der Waals surface area contributed by atoms with Gasteiger partial charge in [-0.2, -0.15) is 0 Å². The fourth-order valence-corrected chi connectivity index (χ4v) is 2.02. The molecule has 2 aromatic rings. The molecule has 0 aliphatic carbocycles. The summed E-state index contributed by atoms with van der Waals surface area (Å²) in [6, 6.07) is 11.6. The molecule has 0 aromatic heterocycles. The summed E-state index contributed by atoms with van der Waals surface area (Å²) in [7, 11) is 0. The predicted octanol–water partition coefficient (Wildman–Crippen LogP) is 3.60. The largest absolute Gasteiger partial charge is 0.504 e. The van der Waals surface area contributed by atoms with Gasteiger partial charge in [-0.25, -0.2) is 4.79 Å². The van der Waals surface area contributed by atoms with Crippen LogP contribution in [-0.4, -0.2) is 22.8 Å². The molecule has 2 aromatic carbocycles. The van der Waals surface area contributed by atoms with E-state index in [2.05, 4.69) is 13.8 Å². The van der Waals surface area contributed by atoms with E-state index in [1.807, 2.05) is 12.1 Å². The van der Waals surface area contributed by atoms with Crippen LogP contribution in [0.3, 0.4) is 0 Å². The van der Waals surface area contributed by atoms with Gasteiger partial charge < -0.3 is 19.7 Å². The van der Waals surface area contributed by atoms with Gasteiger partial charge in [0, 0.05) is 0 Å². The van der Waals surface area contributed by atoms with Crippen molar-refractivity contribution in [3.05, 3.63) is 48.0 Å². The van der Waals surface area contributed by atoms with E-state index in [1.54, 1.807) is 12.1 Å². The Morgan fingerprint density at radius 2 is 1.83 bits per heavy atom. The van der Waals surface area contributed by atoms with Crippen LogP contribution in [0.4, 0.5) is 0 Å². The van der Waals surface area contributed by atoms with E-state index in [1.165, 1.54) is 23.8 Å². The maximum atomic E-state index is 11.8. The van der Waals surface area contributed by atoms with Crippen molar-refractivity contribution < 1.29 is 24.5 Å². The summed E-state index contributed by atoms with van der Waals surface area (Å²) in [5, 5.41) is 18.9. The van der Waals surface area contributed by atoms with Crippen molar-refractivity contribution in [2.24, 2.45) is 0 Å². The third-order valence-electron chi connectivity index (χ3n) is 3.62. The molecule has 0 amide bonds. The average molecular weight is 316 g/mol. The molecule has 0 bridgehead atoms. The van der Waals surface area contributed by atoms with E-state index in [4.69, 9.17) is 9.47 Å². The number of carbonyl (C=O) groups excluding carboxylic acids is 1. The van der Waals surface area contributed by atoms with Gasteiger partial charge in [0.05, 0.1) is 0 Å². The normalized spacial score (nSPS) is 11.7. The Hall–Kier alpha value is -2.69. The number of para-hydroxylation sites is 1. The van der Waals surface area contributed by atoms with Gasteiger partial charge in [-0.1, -0.05) is 32.0 Å². The van der Waals surface area contributed by atoms with Crippen molar-refractivity contribution in [3.63, 3.8) is 0 Å². The Morgan fingerprint density at radius 3 is 2.48 bits per heavy atom. The smallest absolute Gasteiger partial charge is 0.349 e. The van der Waals surface area contributed by atoms with Crippen LogP contribution < -0.4 is 9.47 Å². The number of ether oxygens (including phenoxy) is 2. The highest BCUT2D eigenvalue weighted by Crippen LogP contribution is 2.34. The Bertz CT molecular complexity index is 664. The average Bonchev–Trinajstić information content (AvgIpc) is 2.56. The minimum Gasteiger partial charge on any atom is -0.504 e. The van der Waals surface area contributed by atoms with E-state index in [-0.39, 0.29) is 18.1 Å². The van der Waals surface area contributed by atoms with E-state index in [9.17, 15) is 15.0 Å². The van der Waals surface area contributed by atoms with Gasteiger partial charge in [-0.15, -0.1) is 0 Å². The predicted molar refractivity (Wildman–Crippen MR) is 86.0 cm³/mol. The fraction of sp³-hybridized carbons (Fsp3) is 0.278. The molecule has 0 radical (unpaired) electrons. The molecule has 5 heteroatoms. The van der Waals surface area contributed by atoms with Gasteiger partial charge in [-0.3, -0.25) is 0 Å². The number of carbonyl (C=O) groups is 1. The number of aromatic hydroxyl groups is 2. The van der Waals surface area contributed by atoms with Crippen molar-refractivity contribution in [1.29, 1.82) is 0 Å². The van der Waals surface area contributed by atoms with E-state index < -0.39 is 11.7 Å². The first kappa shape index (κ1) is 16.7. The number of hydrogen-bond donors (Lipinski definition) is 2. The van der Waals surface area contributed by atoms with Crippen molar-refractivity contribution in [1.82, 2.24) is 0 Å². The van der Waals surface area contributed by atoms with Crippen LogP contribution in [-0.2, 0) is 4.79 Å². The maximum absolute atomic E-state index is 11.8. The molecular formula is C18H20O5. The molecular weight excluding hydrogens is 296 g/mol. The quantitative estimate of drug-likeness (QED) is 0.484. The SMILES string of the molecule is CCC(C)c1ccc(OC(=O)COc2cccc(O)c2O)cc1. The van der Waals surface area contributed by atoms with Crippen molar-refractivity contribution >= 4 is 5.97 Å². The van der Waals surface area contributed by atoms with Gasteiger partial charge in [0.2, 0.25) is 5.75 Å². The lowest BCUT2D eigenvalue weighted by Gasteiger charge is -2.11. The molecule has 0 saturated carbocycles. The summed E-state index contributed by atoms with van der Waals surface area (Å²) in [4.78, 5) is 11.8. The first-order valence-corrected chi connectivity index (χ1v) is 7.45. The Balaban J connectivity index is 1.91. The summed E-state index contributed by atoms with van der Waals surface area (Å²) in [6.07, 6.45) is 1.04. The topological polar surface area (TPSA) is 76.0 Å². The lowest BCUT2D eigenvalue weighted by Crippen LogP contribution is -2.17. The van der Waals surface area contributed by atoms with Crippen LogP contribution >= 0.6 is 0 Å². The van der Waals surface area contributed by atoms with Crippen molar-refractivity contribution in [3.8, 4) is 23.0 Å². The van der Waals surface area contributed by atoms with Gasteiger partial charge >= 0.3 is 5.97 Å². The molecule has 0 heterocycles. The minimum absolute atomic E-state index is 0.0223. The van der Waals surface area contributed by atoms with Crippen LogP contribution in [0.15, 0.2) is 42.5 Å². The van der Waals surface area contributed by atoms with E-state index in [0.717, 1.165) is 6.42 Å². The molecule has 0 spiro atoms. The Morgan fingerprint density at radius 1 is 1.13 bits per heavy atom. The fourth-order valence-electron chi connectivity index (χ4n) is 2.02. The molecule has 122 valence electrons. The summed E-state index contributed by atoms with van der Waals surface area (Å²) in [5.74, 6) is -0.393. The number of phenols is 2. The molecule has 0 aliphatic rings. The second-order valence-electron chi connectivity index (χ2n) is 5.26. The summed E-state index contributed by atoms with van der Waals surface area (Å²) < 4.78 is 10.3. The standard InChI is InChI=1S/C18H20O5/c1-3-12(2)13-7-9-14(10-8-13)23-17(20)11-22-16-6-4-5-15(19)18(16)21/h4-10,12,19,21H,3,11H2,1-2H3. The highest BCUT2D eigenvalue weighted by molar-refractivity contribution is 5.74. The molecule has 23 heavy (non-hydrogen) atoms. The molecule has 2 N–H and O–H groups in total. The zero-order valence-corrected chi connectivity index (χ0v) is 13.2.